The number of aliphatic carboxylic acids is 2. The molecule has 2 N–H and O–H groups in total. The van der Waals surface area contributed by atoms with E-state index in [9.17, 15) is 24.6 Å². The summed E-state index contributed by atoms with van der Waals surface area (Å²) in [6.45, 7) is 36.2. The number of carboxylic acids is 2. The van der Waals surface area contributed by atoms with E-state index in [-0.39, 0.29) is 69.2 Å². The first-order valence-corrected chi connectivity index (χ1v) is 32.4. The summed E-state index contributed by atoms with van der Waals surface area (Å²) in [6.07, 6.45) is 3.66. The van der Waals surface area contributed by atoms with E-state index in [1.54, 1.807) is 7.11 Å². The number of hydrogen-bond donors (Lipinski definition) is 2. The Balaban J connectivity index is 1.16. The third-order valence-corrected chi connectivity index (χ3v) is 28.8. The molecule has 0 aromatic heterocycles. The highest BCUT2D eigenvalue weighted by atomic mass is 28.4. The predicted octanol–water partition coefficient (Wildman–Crippen LogP) is 12.3. The van der Waals surface area contributed by atoms with E-state index in [1.165, 1.54) is 5.57 Å². The van der Waals surface area contributed by atoms with Gasteiger partial charge in [0.05, 0.1) is 42.5 Å². The number of carbonyl (C=O) groups excluding carboxylic acids is 1. The molecule has 428 valence electrons. The van der Waals surface area contributed by atoms with Gasteiger partial charge in [-0.2, -0.15) is 0 Å². The fraction of sp³-hybridized carbons (Fsp3) is 0.918. The summed E-state index contributed by atoms with van der Waals surface area (Å²) in [5.41, 5.74) is -1.43. The molecule has 13 nitrogen and oxygen atoms in total. The van der Waals surface area contributed by atoms with Crippen LogP contribution in [0.3, 0.4) is 0 Å². The van der Waals surface area contributed by atoms with Crippen LogP contribution in [0.1, 0.15) is 175 Å². The number of carbonyl (C=O) groups is 3. The third kappa shape index (κ3) is 9.55. The molecule has 0 amide bonds. The molecule has 4 saturated carbocycles. The molecule has 3 heterocycles. The molecular formula is C61H102O13Si. The number of carboxylic acid groups (broad SMARTS) is 2. The fourth-order valence-electron chi connectivity index (χ4n) is 18.0. The number of rotatable bonds is 16. The molecule has 0 bridgehead atoms. The Morgan fingerprint density at radius 2 is 1.37 bits per heavy atom. The van der Waals surface area contributed by atoms with Crippen LogP contribution in [-0.4, -0.2) is 112 Å². The molecule has 14 heteroatoms. The molecule has 3 saturated heterocycles. The normalized spacial score (nSPS) is 49.8. The standard InChI is InChI=1S/C61H102O13Si/c1-18-42-36(7)37(8)49(74-75(19-2,20-3)21-4)53(69-42)73-50-47(71-52-38(9)35(6)34(5)32-68-52)39(10)48(51(63)64)72-54(50)70-45-25-26-57(13)43(58(45,14)33-62)24-27-59(15)44(57)23-22-40-41-30-56(11,12)28-29-61(41,55(65)66)46(67-17)31-60(40,59)16/h22,33-39,41-50,52-54H,18-21,23-32H2,1-17H3,(H,63,64)(H,65,66)/t34-,35+,36-,37+,38?,39+,41?,42?,43-,44?,45+,46?,47+,48?,49?,50?,52+,53+,54-,57?,58-,59?,60-,61-/m1/s1. The lowest BCUT2D eigenvalue weighted by Gasteiger charge is -2.71. The van der Waals surface area contributed by atoms with Crippen LogP contribution in [0.15, 0.2) is 11.6 Å². The summed E-state index contributed by atoms with van der Waals surface area (Å²) in [6, 6.07) is 2.87. The molecular weight excluding hydrogens is 969 g/mol. The second-order valence-electron chi connectivity index (χ2n) is 27.9. The summed E-state index contributed by atoms with van der Waals surface area (Å²) in [7, 11) is -0.505. The quantitative estimate of drug-likeness (QED) is 0.0650. The van der Waals surface area contributed by atoms with E-state index >= 15 is 0 Å². The van der Waals surface area contributed by atoms with Gasteiger partial charge in [-0.05, 0) is 145 Å². The van der Waals surface area contributed by atoms with Crippen molar-refractivity contribution in [2.24, 2.45) is 85.8 Å². The zero-order chi connectivity index (χ0) is 55.2. The van der Waals surface area contributed by atoms with Crippen LogP contribution in [-0.2, 0) is 52.0 Å². The Labute approximate surface area is 452 Å². The Bertz CT molecular complexity index is 2090. The smallest absolute Gasteiger partial charge is 0.333 e. The van der Waals surface area contributed by atoms with Crippen LogP contribution in [0.2, 0.25) is 18.1 Å². The van der Waals surface area contributed by atoms with Crippen molar-refractivity contribution in [3.8, 4) is 0 Å². The van der Waals surface area contributed by atoms with E-state index in [0.717, 1.165) is 69.4 Å². The summed E-state index contributed by atoms with van der Waals surface area (Å²) in [5.74, 6) is -1.63. The Morgan fingerprint density at radius 3 is 1.97 bits per heavy atom. The van der Waals surface area contributed by atoms with Gasteiger partial charge in [-0.15, -0.1) is 0 Å². The maximum Gasteiger partial charge on any atom is 0.333 e. The fourth-order valence-corrected chi connectivity index (χ4v) is 20.9. The summed E-state index contributed by atoms with van der Waals surface area (Å²) < 4.78 is 56.0. The molecule has 3 aliphatic heterocycles. The zero-order valence-corrected chi connectivity index (χ0v) is 50.4. The molecule has 0 aromatic rings. The second kappa shape index (κ2) is 21.6. The lowest BCUT2D eigenvalue weighted by molar-refractivity contribution is -0.378. The van der Waals surface area contributed by atoms with Gasteiger partial charge >= 0.3 is 11.9 Å². The van der Waals surface area contributed by atoms with Crippen LogP contribution < -0.4 is 0 Å². The van der Waals surface area contributed by atoms with Crippen molar-refractivity contribution in [1.82, 2.24) is 0 Å². The molecule has 24 atom stereocenters. The van der Waals surface area contributed by atoms with Crippen molar-refractivity contribution < 1.29 is 62.2 Å². The van der Waals surface area contributed by atoms with Crippen molar-refractivity contribution in [2.45, 2.75) is 255 Å². The van der Waals surface area contributed by atoms with Crippen molar-refractivity contribution in [1.29, 1.82) is 0 Å². The van der Waals surface area contributed by atoms with Crippen LogP contribution in [0.5, 0.6) is 0 Å². The number of fused-ring (bicyclic) bond motifs is 7. The summed E-state index contributed by atoms with van der Waals surface area (Å²) >= 11 is 0. The van der Waals surface area contributed by atoms with Crippen molar-refractivity contribution >= 4 is 26.5 Å². The van der Waals surface area contributed by atoms with Gasteiger partial charge in [0.1, 0.15) is 17.8 Å². The molecule has 0 spiro atoms. The van der Waals surface area contributed by atoms with Gasteiger partial charge in [0.2, 0.25) is 0 Å². The average molecular weight is 1070 g/mol. The lowest BCUT2D eigenvalue weighted by Crippen LogP contribution is -2.68. The molecule has 8 aliphatic rings. The maximum atomic E-state index is 14.3. The first-order valence-electron chi connectivity index (χ1n) is 29.9. The van der Waals surface area contributed by atoms with E-state index < -0.39 is 92.5 Å². The first kappa shape index (κ1) is 59.4. The molecule has 7 fully saturated rings. The SMILES string of the molecule is CCC1O[C@@H](OC2[C@H](O[C@H]3CCC4(C)C5CC=C6C7CC(C)(C)CC[C@]7(C(=O)O)C(OC)C[C@@]6(C)C5(C)CC[C@H]4[C@@]3(C)C=O)OC(C(=O)O)[C@@H](C)[C@@H]2O[C@@H]2OC[C@@H](C)[C@H](C)C2C)C(O[Si](CC)(CC)CC)[C@@H](C)[C@H]1C. The van der Waals surface area contributed by atoms with Gasteiger partial charge in [0.25, 0.3) is 0 Å². The highest BCUT2D eigenvalue weighted by Crippen LogP contribution is 2.76. The van der Waals surface area contributed by atoms with Crippen LogP contribution >= 0.6 is 0 Å². The number of aldehydes is 1. The number of hydrogen-bond acceptors (Lipinski definition) is 11. The van der Waals surface area contributed by atoms with Crippen LogP contribution in [0, 0.1) is 85.8 Å². The average Bonchev–Trinajstić information content (AvgIpc) is 3.37. The van der Waals surface area contributed by atoms with Gasteiger partial charge in [0, 0.05) is 18.9 Å². The lowest BCUT2D eigenvalue weighted by atomic mass is 9.33. The van der Waals surface area contributed by atoms with Gasteiger partial charge in [0.15, 0.2) is 33.3 Å². The predicted molar refractivity (Wildman–Crippen MR) is 290 cm³/mol. The number of methoxy groups -OCH3 is 1. The van der Waals surface area contributed by atoms with Crippen LogP contribution in [0.4, 0.5) is 0 Å². The van der Waals surface area contributed by atoms with Crippen molar-refractivity contribution in [3.63, 3.8) is 0 Å². The van der Waals surface area contributed by atoms with E-state index in [1.807, 2.05) is 6.92 Å². The topological polar surface area (TPSA) is 166 Å². The highest BCUT2D eigenvalue weighted by Gasteiger charge is 2.72. The Kier molecular flexibility index (Phi) is 17.1. The second-order valence-corrected chi connectivity index (χ2v) is 32.6. The minimum absolute atomic E-state index is 0.00674. The van der Waals surface area contributed by atoms with E-state index in [4.69, 9.17) is 37.6 Å². The number of ether oxygens (including phenoxy) is 7. The molecule has 0 aromatic carbocycles. The van der Waals surface area contributed by atoms with Crippen molar-refractivity contribution in [3.05, 3.63) is 11.6 Å². The minimum Gasteiger partial charge on any atom is -0.481 e. The molecule has 10 unspecified atom stereocenters. The minimum atomic E-state index is -2.21. The van der Waals surface area contributed by atoms with Crippen molar-refractivity contribution in [2.75, 3.05) is 13.7 Å². The molecule has 0 radical (unpaired) electrons. The van der Waals surface area contributed by atoms with Crippen LogP contribution in [0.25, 0.3) is 0 Å². The molecule has 75 heavy (non-hydrogen) atoms. The van der Waals surface area contributed by atoms with Gasteiger partial charge in [-0.25, -0.2) is 4.79 Å². The zero-order valence-electron chi connectivity index (χ0n) is 49.4. The summed E-state index contributed by atoms with van der Waals surface area (Å²) in [4.78, 5) is 41.3. The first-order chi connectivity index (χ1) is 35.2. The van der Waals surface area contributed by atoms with Gasteiger partial charge in [-0.3, -0.25) is 4.79 Å². The maximum absolute atomic E-state index is 14.3. The van der Waals surface area contributed by atoms with Gasteiger partial charge < -0.3 is 52.6 Å². The molecule has 8 rings (SSSR count). The highest BCUT2D eigenvalue weighted by molar-refractivity contribution is 6.73. The monoisotopic (exact) mass is 1070 g/mol. The Hall–Kier alpha value is -1.75. The van der Waals surface area contributed by atoms with E-state index in [0.29, 0.717) is 31.8 Å². The summed E-state index contributed by atoms with van der Waals surface area (Å²) in [5, 5.41) is 22.1. The molecule has 5 aliphatic carbocycles. The third-order valence-electron chi connectivity index (χ3n) is 24.2. The van der Waals surface area contributed by atoms with E-state index in [2.05, 4.69) is 110 Å². The largest absolute Gasteiger partial charge is 0.481 e. The Morgan fingerprint density at radius 1 is 0.720 bits per heavy atom. The van der Waals surface area contributed by atoms with Gasteiger partial charge in [-0.1, -0.05) is 122 Å². The number of allylic oxidation sites excluding steroid dienone is 2.